The van der Waals surface area contributed by atoms with Gasteiger partial charge in [0, 0.05) is 31.9 Å². The van der Waals surface area contributed by atoms with Gasteiger partial charge < -0.3 is 15.4 Å². The molecule has 0 saturated carbocycles. The van der Waals surface area contributed by atoms with Gasteiger partial charge in [0.1, 0.15) is 0 Å². The second kappa shape index (κ2) is 6.51. The van der Waals surface area contributed by atoms with Crippen molar-refractivity contribution in [2.24, 2.45) is 5.73 Å². The molecule has 0 radical (unpaired) electrons. The molecule has 1 aromatic rings. The fourth-order valence-electron chi connectivity index (χ4n) is 1.43. The van der Waals surface area contributed by atoms with Crippen LogP contribution in [0.2, 0.25) is 0 Å². The fraction of sp³-hybridized carbons (Fsp3) is 0.583. The summed E-state index contributed by atoms with van der Waals surface area (Å²) in [5, 5.41) is 0. The summed E-state index contributed by atoms with van der Waals surface area (Å²) in [4.78, 5) is 5.76. The third-order valence-corrected chi connectivity index (χ3v) is 2.41. The topological polar surface area (TPSA) is 51.4 Å². The van der Waals surface area contributed by atoms with E-state index >= 15 is 0 Å². The van der Waals surface area contributed by atoms with Crippen LogP contribution in [0.4, 0.5) is 10.2 Å². The summed E-state index contributed by atoms with van der Waals surface area (Å²) in [5.41, 5.74) is 5.93. The molecule has 0 spiro atoms. The molecule has 96 valence electrons. The minimum absolute atomic E-state index is 0.177. The Kier molecular flexibility index (Phi) is 5.31. The monoisotopic (exact) mass is 241 g/mol. The summed E-state index contributed by atoms with van der Waals surface area (Å²) >= 11 is 0. The molecule has 1 rings (SSSR count). The van der Waals surface area contributed by atoms with Crippen molar-refractivity contribution in [1.82, 2.24) is 4.98 Å². The molecule has 1 aromatic heterocycles. The molecule has 0 aromatic carbocycles. The molecule has 0 fully saturated rings. The van der Waals surface area contributed by atoms with Crippen LogP contribution in [0, 0.1) is 5.82 Å². The highest BCUT2D eigenvalue weighted by Crippen LogP contribution is 2.17. The number of rotatable bonds is 6. The van der Waals surface area contributed by atoms with Crippen LogP contribution in [0.3, 0.4) is 0 Å². The lowest BCUT2D eigenvalue weighted by Gasteiger charge is -2.20. The molecule has 0 aliphatic carbocycles. The second-order valence-electron chi connectivity index (χ2n) is 4.15. The van der Waals surface area contributed by atoms with Gasteiger partial charge in [-0.3, -0.25) is 0 Å². The summed E-state index contributed by atoms with van der Waals surface area (Å²) in [6.45, 7) is 5.25. The zero-order valence-electron chi connectivity index (χ0n) is 10.6. The SMILES string of the molecule is CC(C)OCCN(C)c1nccc(CN)c1F. The second-order valence-corrected chi connectivity index (χ2v) is 4.15. The van der Waals surface area contributed by atoms with E-state index in [9.17, 15) is 4.39 Å². The Hall–Kier alpha value is -1.20. The van der Waals surface area contributed by atoms with Crippen molar-refractivity contribution in [3.63, 3.8) is 0 Å². The first-order valence-corrected chi connectivity index (χ1v) is 5.72. The van der Waals surface area contributed by atoms with Crippen LogP contribution in [0.1, 0.15) is 19.4 Å². The number of nitrogens with zero attached hydrogens (tertiary/aromatic N) is 2. The summed E-state index contributed by atoms with van der Waals surface area (Å²) in [7, 11) is 1.79. The maximum atomic E-state index is 13.9. The van der Waals surface area contributed by atoms with Gasteiger partial charge >= 0.3 is 0 Å². The van der Waals surface area contributed by atoms with Gasteiger partial charge in [-0.25, -0.2) is 9.37 Å². The molecule has 17 heavy (non-hydrogen) atoms. The average Bonchev–Trinajstić information content (AvgIpc) is 2.28. The van der Waals surface area contributed by atoms with Crippen LogP contribution in [0.5, 0.6) is 0 Å². The lowest BCUT2D eigenvalue weighted by atomic mass is 10.2. The number of hydrogen-bond donors (Lipinski definition) is 1. The first kappa shape index (κ1) is 13.9. The first-order chi connectivity index (χ1) is 8.06. The maximum absolute atomic E-state index is 13.9. The van der Waals surface area contributed by atoms with E-state index in [-0.39, 0.29) is 18.5 Å². The molecule has 0 amide bonds. The highest BCUT2D eigenvalue weighted by molar-refractivity contribution is 5.42. The fourth-order valence-corrected chi connectivity index (χ4v) is 1.43. The lowest BCUT2D eigenvalue weighted by molar-refractivity contribution is 0.0845. The van der Waals surface area contributed by atoms with Crippen LogP contribution < -0.4 is 10.6 Å². The van der Waals surface area contributed by atoms with Crippen LogP contribution >= 0.6 is 0 Å². The van der Waals surface area contributed by atoms with Crippen molar-refractivity contribution in [2.45, 2.75) is 26.5 Å². The van der Waals surface area contributed by atoms with E-state index < -0.39 is 0 Å². The predicted molar refractivity (Wildman–Crippen MR) is 66.4 cm³/mol. The Morgan fingerprint density at radius 3 is 2.82 bits per heavy atom. The minimum atomic E-state index is -0.345. The number of aromatic nitrogens is 1. The summed E-state index contributed by atoms with van der Waals surface area (Å²) in [5.74, 6) is -0.0256. The normalized spacial score (nSPS) is 10.9. The Morgan fingerprint density at radius 2 is 2.24 bits per heavy atom. The van der Waals surface area contributed by atoms with E-state index in [1.54, 1.807) is 24.2 Å². The molecular formula is C12H20FN3O. The highest BCUT2D eigenvalue weighted by Gasteiger charge is 2.12. The average molecular weight is 241 g/mol. The first-order valence-electron chi connectivity index (χ1n) is 5.72. The maximum Gasteiger partial charge on any atom is 0.170 e. The highest BCUT2D eigenvalue weighted by atomic mass is 19.1. The molecule has 4 nitrogen and oxygen atoms in total. The molecule has 0 bridgehead atoms. The van der Waals surface area contributed by atoms with Gasteiger partial charge in [-0.2, -0.15) is 0 Å². The van der Waals surface area contributed by atoms with Gasteiger partial charge in [-0.15, -0.1) is 0 Å². The van der Waals surface area contributed by atoms with Crippen molar-refractivity contribution in [3.05, 3.63) is 23.6 Å². The largest absolute Gasteiger partial charge is 0.377 e. The zero-order valence-corrected chi connectivity index (χ0v) is 10.6. The number of pyridine rings is 1. The standard InChI is InChI=1S/C12H20FN3O/c1-9(2)17-7-6-16(3)12-11(13)10(8-14)4-5-15-12/h4-5,9H,6-8,14H2,1-3H3. The third kappa shape index (κ3) is 3.94. The number of likely N-dealkylation sites (N-methyl/N-ethyl adjacent to an activating group) is 1. The van der Waals surface area contributed by atoms with Crippen molar-refractivity contribution in [1.29, 1.82) is 0 Å². The third-order valence-electron chi connectivity index (χ3n) is 2.41. The van der Waals surface area contributed by atoms with Gasteiger partial charge in [-0.05, 0) is 19.9 Å². The zero-order chi connectivity index (χ0) is 12.8. The number of nitrogens with two attached hydrogens (primary N) is 1. The van der Waals surface area contributed by atoms with Crippen LogP contribution in [0.25, 0.3) is 0 Å². The quantitative estimate of drug-likeness (QED) is 0.821. The molecule has 0 saturated heterocycles. The molecular weight excluding hydrogens is 221 g/mol. The number of halogens is 1. The molecule has 2 N–H and O–H groups in total. The number of ether oxygens (including phenoxy) is 1. The Bertz CT molecular complexity index is 358. The molecule has 0 aliphatic heterocycles. The lowest BCUT2D eigenvalue weighted by Crippen LogP contribution is -2.26. The summed E-state index contributed by atoms with van der Waals surface area (Å²) in [6, 6.07) is 1.59. The molecule has 5 heteroatoms. The van der Waals surface area contributed by atoms with Gasteiger partial charge in [0.05, 0.1) is 12.7 Å². The van der Waals surface area contributed by atoms with Crippen molar-refractivity contribution >= 4 is 5.82 Å². The molecule has 0 unspecified atom stereocenters. The molecule has 0 atom stereocenters. The van der Waals surface area contributed by atoms with E-state index in [2.05, 4.69) is 4.98 Å². The van der Waals surface area contributed by atoms with Gasteiger partial charge in [0.2, 0.25) is 0 Å². The van der Waals surface area contributed by atoms with E-state index in [4.69, 9.17) is 10.5 Å². The number of anilines is 1. The van der Waals surface area contributed by atoms with Crippen molar-refractivity contribution < 1.29 is 9.13 Å². The van der Waals surface area contributed by atoms with Crippen molar-refractivity contribution in [3.8, 4) is 0 Å². The number of hydrogen-bond acceptors (Lipinski definition) is 4. The minimum Gasteiger partial charge on any atom is -0.377 e. The van der Waals surface area contributed by atoms with E-state index in [0.29, 0.717) is 24.5 Å². The van der Waals surface area contributed by atoms with E-state index in [1.807, 2.05) is 13.8 Å². The predicted octanol–water partition coefficient (Wildman–Crippen LogP) is 1.54. The smallest absolute Gasteiger partial charge is 0.170 e. The van der Waals surface area contributed by atoms with Crippen molar-refractivity contribution in [2.75, 3.05) is 25.1 Å². The van der Waals surface area contributed by atoms with E-state index in [1.165, 1.54) is 0 Å². The van der Waals surface area contributed by atoms with E-state index in [0.717, 1.165) is 0 Å². The van der Waals surface area contributed by atoms with Gasteiger partial charge in [0.25, 0.3) is 0 Å². The summed E-state index contributed by atoms with van der Waals surface area (Å²) in [6.07, 6.45) is 1.75. The summed E-state index contributed by atoms with van der Waals surface area (Å²) < 4.78 is 19.3. The Morgan fingerprint density at radius 1 is 1.53 bits per heavy atom. The molecule has 1 heterocycles. The van der Waals surface area contributed by atoms with Crippen LogP contribution in [-0.2, 0) is 11.3 Å². The Labute approximate surface area is 102 Å². The van der Waals surface area contributed by atoms with Crippen LogP contribution in [0.15, 0.2) is 12.3 Å². The van der Waals surface area contributed by atoms with Gasteiger partial charge in [0.15, 0.2) is 11.6 Å². The Balaban J connectivity index is 2.65. The van der Waals surface area contributed by atoms with Crippen LogP contribution in [-0.4, -0.2) is 31.3 Å². The van der Waals surface area contributed by atoms with Gasteiger partial charge in [-0.1, -0.05) is 0 Å². The molecule has 0 aliphatic rings.